The number of ether oxygens (including phenoxy) is 2. The molecule has 0 aromatic heterocycles. The van der Waals surface area contributed by atoms with Crippen LogP contribution in [0, 0.1) is 0 Å². The molecule has 1 saturated carbocycles. The summed E-state index contributed by atoms with van der Waals surface area (Å²) in [6, 6.07) is 3.04. The fraction of sp³-hybridized carbons (Fsp3) is 0.600. The van der Waals surface area contributed by atoms with Crippen molar-refractivity contribution in [1.82, 2.24) is 10.2 Å². The van der Waals surface area contributed by atoms with Gasteiger partial charge in [0.05, 0.1) is 19.8 Å². The van der Waals surface area contributed by atoms with E-state index >= 15 is 0 Å². The first-order chi connectivity index (χ1) is 12.5. The van der Waals surface area contributed by atoms with Crippen molar-refractivity contribution in [2.45, 2.75) is 64.1 Å². The minimum atomic E-state index is -0.626. The highest BCUT2D eigenvalue weighted by Crippen LogP contribution is 2.44. The zero-order valence-corrected chi connectivity index (χ0v) is 16.0. The zero-order valence-electron chi connectivity index (χ0n) is 16.0. The van der Waals surface area contributed by atoms with Crippen LogP contribution in [0.1, 0.15) is 67.9 Å². The number of carbonyl (C=O) groups excluding carboxylic acids is 2. The number of nitrogens with one attached hydrogen (secondary N) is 1. The fourth-order valence-corrected chi connectivity index (χ4v) is 4.11. The van der Waals surface area contributed by atoms with Gasteiger partial charge in [-0.3, -0.25) is 9.59 Å². The molecule has 1 aromatic carbocycles. The Bertz CT molecular complexity index is 695. The molecular weight excluding hydrogens is 332 g/mol. The van der Waals surface area contributed by atoms with Gasteiger partial charge in [-0.25, -0.2) is 0 Å². The minimum absolute atomic E-state index is 0.104. The van der Waals surface area contributed by atoms with Crippen LogP contribution in [0.3, 0.4) is 0 Å². The number of fused-ring (bicyclic) bond motifs is 1. The highest BCUT2D eigenvalue weighted by molar-refractivity contribution is 6.07. The van der Waals surface area contributed by atoms with Gasteiger partial charge in [0.25, 0.3) is 5.91 Å². The van der Waals surface area contributed by atoms with E-state index in [9.17, 15) is 9.59 Å². The third kappa shape index (κ3) is 3.13. The predicted octanol–water partition coefficient (Wildman–Crippen LogP) is 3.06. The van der Waals surface area contributed by atoms with E-state index in [1.165, 1.54) is 20.6 Å². The second-order valence-electron chi connectivity index (χ2n) is 7.32. The van der Waals surface area contributed by atoms with E-state index in [0.29, 0.717) is 22.6 Å². The molecule has 1 aliphatic carbocycles. The average molecular weight is 360 g/mol. The summed E-state index contributed by atoms with van der Waals surface area (Å²) in [6.45, 7) is 3.85. The summed E-state index contributed by atoms with van der Waals surface area (Å²) in [5.41, 5.74) is 1.12. The van der Waals surface area contributed by atoms with Crippen molar-refractivity contribution in [1.29, 1.82) is 0 Å². The number of nitrogens with zero attached hydrogens (tertiary/aromatic N) is 1. The molecule has 1 aliphatic heterocycles. The third-order valence-electron chi connectivity index (χ3n) is 5.36. The molecule has 2 amide bonds. The molecule has 2 aliphatic rings. The van der Waals surface area contributed by atoms with Crippen molar-refractivity contribution in [3.05, 3.63) is 23.3 Å². The van der Waals surface area contributed by atoms with Crippen molar-refractivity contribution < 1.29 is 19.1 Å². The fourth-order valence-electron chi connectivity index (χ4n) is 4.11. The van der Waals surface area contributed by atoms with Gasteiger partial charge in [0.2, 0.25) is 5.91 Å². The molecule has 0 spiro atoms. The van der Waals surface area contributed by atoms with Crippen LogP contribution in [-0.4, -0.2) is 43.0 Å². The maximum atomic E-state index is 13.1. The monoisotopic (exact) mass is 360 g/mol. The first kappa shape index (κ1) is 18.5. The van der Waals surface area contributed by atoms with Crippen LogP contribution < -0.4 is 14.8 Å². The summed E-state index contributed by atoms with van der Waals surface area (Å²) in [5, 5.41) is 3.17. The van der Waals surface area contributed by atoms with Crippen molar-refractivity contribution in [2.75, 3.05) is 14.2 Å². The van der Waals surface area contributed by atoms with Gasteiger partial charge in [0.1, 0.15) is 6.04 Å². The highest BCUT2D eigenvalue weighted by Gasteiger charge is 2.45. The predicted molar refractivity (Wildman–Crippen MR) is 98.6 cm³/mol. The molecule has 0 bridgehead atoms. The number of amides is 2. The molecule has 1 N–H and O–H groups in total. The van der Waals surface area contributed by atoms with Crippen LogP contribution >= 0.6 is 0 Å². The lowest BCUT2D eigenvalue weighted by Gasteiger charge is -2.30. The summed E-state index contributed by atoms with van der Waals surface area (Å²) in [5.74, 6) is 0.602. The maximum Gasteiger partial charge on any atom is 0.259 e. The Balaban J connectivity index is 1.98. The Morgan fingerprint density at radius 3 is 2.42 bits per heavy atom. The summed E-state index contributed by atoms with van der Waals surface area (Å²) >= 11 is 0. The van der Waals surface area contributed by atoms with Gasteiger partial charge in [0, 0.05) is 17.6 Å². The summed E-state index contributed by atoms with van der Waals surface area (Å²) in [6.07, 6.45) is 5.53. The average Bonchev–Trinajstić information content (AvgIpc) is 2.94. The van der Waals surface area contributed by atoms with E-state index in [4.69, 9.17) is 9.47 Å². The second-order valence-corrected chi connectivity index (χ2v) is 7.32. The Kier molecular flexibility index (Phi) is 5.39. The number of benzene rings is 1. The van der Waals surface area contributed by atoms with Crippen LogP contribution in [0.4, 0.5) is 0 Å². The SMILES string of the molecule is COc1ccc2c(c1OC)C(=O)N(C(C)C)C2C(=O)NC1CCCCC1. The van der Waals surface area contributed by atoms with E-state index in [2.05, 4.69) is 5.32 Å². The maximum absolute atomic E-state index is 13.1. The van der Waals surface area contributed by atoms with Gasteiger partial charge in [-0.1, -0.05) is 25.3 Å². The van der Waals surface area contributed by atoms with Crippen molar-refractivity contribution in [3.8, 4) is 11.5 Å². The van der Waals surface area contributed by atoms with E-state index in [1.807, 2.05) is 19.9 Å². The molecule has 1 unspecified atom stereocenters. The number of rotatable bonds is 5. The van der Waals surface area contributed by atoms with Crippen LogP contribution in [0.2, 0.25) is 0 Å². The van der Waals surface area contributed by atoms with Crippen LogP contribution in [-0.2, 0) is 4.79 Å². The third-order valence-corrected chi connectivity index (χ3v) is 5.36. The molecule has 1 atom stereocenters. The molecule has 142 valence electrons. The Morgan fingerprint density at radius 1 is 1.15 bits per heavy atom. The van der Waals surface area contributed by atoms with Crippen molar-refractivity contribution >= 4 is 11.8 Å². The summed E-state index contributed by atoms with van der Waals surface area (Å²) < 4.78 is 10.8. The van der Waals surface area contributed by atoms with Crippen LogP contribution in [0.15, 0.2) is 12.1 Å². The van der Waals surface area contributed by atoms with E-state index in [0.717, 1.165) is 25.7 Å². The number of carbonyl (C=O) groups is 2. The van der Waals surface area contributed by atoms with Gasteiger partial charge >= 0.3 is 0 Å². The molecule has 3 rings (SSSR count). The normalized spacial score (nSPS) is 20.3. The molecule has 0 saturated heterocycles. The van der Waals surface area contributed by atoms with E-state index < -0.39 is 6.04 Å². The molecule has 6 heteroatoms. The number of methoxy groups -OCH3 is 2. The van der Waals surface area contributed by atoms with E-state index in [1.54, 1.807) is 11.0 Å². The molecular formula is C20H28N2O4. The standard InChI is InChI=1S/C20H28N2O4/c1-12(2)22-17(19(23)21-13-8-6-5-7-9-13)14-10-11-15(25-3)18(26-4)16(14)20(22)24/h10-13,17H,5-9H2,1-4H3,(H,21,23). The lowest BCUT2D eigenvalue weighted by molar-refractivity contribution is -0.127. The molecule has 26 heavy (non-hydrogen) atoms. The Morgan fingerprint density at radius 2 is 1.85 bits per heavy atom. The Hall–Kier alpha value is -2.24. The highest BCUT2D eigenvalue weighted by atomic mass is 16.5. The Labute approximate surface area is 154 Å². The molecule has 1 fully saturated rings. The summed E-state index contributed by atoms with van der Waals surface area (Å²) in [7, 11) is 3.05. The molecule has 1 heterocycles. The lowest BCUT2D eigenvalue weighted by atomic mass is 9.94. The summed E-state index contributed by atoms with van der Waals surface area (Å²) in [4.78, 5) is 27.9. The second kappa shape index (κ2) is 7.56. The van der Waals surface area contributed by atoms with Gasteiger partial charge in [0.15, 0.2) is 11.5 Å². The van der Waals surface area contributed by atoms with Crippen molar-refractivity contribution in [2.24, 2.45) is 0 Å². The molecule has 0 radical (unpaired) electrons. The first-order valence-corrected chi connectivity index (χ1v) is 9.37. The van der Waals surface area contributed by atoms with Crippen LogP contribution in [0.25, 0.3) is 0 Å². The number of hydrogen-bond acceptors (Lipinski definition) is 4. The zero-order chi connectivity index (χ0) is 18.8. The van der Waals surface area contributed by atoms with Crippen molar-refractivity contribution in [3.63, 3.8) is 0 Å². The van der Waals surface area contributed by atoms with E-state index in [-0.39, 0.29) is 23.9 Å². The topological polar surface area (TPSA) is 67.9 Å². The first-order valence-electron chi connectivity index (χ1n) is 9.37. The van der Waals surface area contributed by atoms with Gasteiger partial charge < -0.3 is 19.7 Å². The minimum Gasteiger partial charge on any atom is -0.493 e. The lowest BCUT2D eigenvalue weighted by Crippen LogP contribution is -2.46. The van der Waals surface area contributed by atoms with Crippen LogP contribution in [0.5, 0.6) is 11.5 Å². The van der Waals surface area contributed by atoms with Gasteiger partial charge in [-0.15, -0.1) is 0 Å². The number of hydrogen-bond donors (Lipinski definition) is 1. The molecule has 1 aromatic rings. The van der Waals surface area contributed by atoms with Gasteiger partial charge in [-0.05, 0) is 32.8 Å². The smallest absolute Gasteiger partial charge is 0.259 e. The van der Waals surface area contributed by atoms with Gasteiger partial charge in [-0.2, -0.15) is 0 Å². The quantitative estimate of drug-likeness (QED) is 0.876. The molecule has 6 nitrogen and oxygen atoms in total. The largest absolute Gasteiger partial charge is 0.493 e.